The quantitative estimate of drug-likeness (QED) is 0.859. The van der Waals surface area contributed by atoms with Crippen molar-refractivity contribution in [1.82, 2.24) is 10.3 Å². The summed E-state index contributed by atoms with van der Waals surface area (Å²) in [5.74, 6) is -0.348. The van der Waals surface area contributed by atoms with Crippen LogP contribution in [0.5, 0.6) is 5.75 Å². The highest BCUT2D eigenvalue weighted by molar-refractivity contribution is 7.15. The fourth-order valence-electron chi connectivity index (χ4n) is 2.62. The number of thiazole rings is 1. The van der Waals surface area contributed by atoms with Gasteiger partial charge in [-0.3, -0.25) is 10.1 Å². The van der Waals surface area contributed by atoms with Crippen LogP contribution in [-0.4, -0.2) is 30.3 Å². The molecule has 0 bridgehead atoms. The zero-order valence-corrected chi connectivity index (χ0v) is 13.9. The number of nitrogens with zero attached hydrogens (tertiary/aromatic N) is 1. The van der Waals surface area contributed by atoms with Gasteiger partial charge in [0.15, 0.2) is 5.13 Å². The standard InChI is InChI=1S/C16H16F3N3O2S/c17-16(18,19)24-12-3-1-11(2-4-12)14(23)22-15-21-9-13(25-15)10-5-7-20-8-6-10/h1-4,9-10,20H,5-8H2,(H,21,22,23). The summed E-state index contributed by atoms with van der Waals surface area (Å²) in [6, 6.07) is 4.75. The topological polar surface area (TPSA) is 63.2 Å². The lowest BCUT2D eigenvalue weighted by molar-refractivity contribution is -0.274. The van der Waals surface area contributed by atoms with Crippen LogP contribution < -0.4 is 15.4 Å². The molecule has 5 nitrogen and oxygen atoms in total. The summed E-state index contributed by atoms with van der Waals surface area (Å²) in [6.45, 7) is 1.94. The van der Waals surface area contributed by atoms with Crippen molar-refractivity contribution in [1.29, 1.82) is 0 Å². The van der Waals surface area contributed by atoms with Crippen molar-refractivity contribution in [3.05, 3.63) is 40.9 Å². The van der Waals surface area contributed by atoms with E-state index in [1.165, 1.54) is 23.5 Å². The Morgan fingerprint density at radius 3 is 2.56 bits per heavy atom. The first-order valence-corrected chi connectivity index (χ1v) is 8.56. The molecular weight excluding hydrogens is 355 g/mol. The van der Waals surface area contributed by atoms with Gasteiger partial charge in [-0.2, -0.15) is 0 Å². The molecule has 0 unspecified atom stereocenters. The lowest BCUT2D eigenvalue weighted by atomic mass is 9.97. The van der Waals surface area contributed by atoms with E-state index in [4.69, 9.17) is 0 Å². The molecule has 1 aliphatic rings. The molecule has 1 fully saturated rings. The number of ether oxygens (including phenoxy) is 1. The van der Waals surface area contributed by atoms with Crippen molar-refractivity contribution < 1.29 is 22.7 Å². The van der Waals surface area contributed by atoms with E-state index in [1.54, 1.807) is 6.20 Å². The van der Waals surface area contributed by atoms with Gasteiger partial charge in [0.1, 0.15) is 5.75 Å². The first-order chi connectivity index (χ1) is 11.9. The number of rotatable bonds is 4. The van der Waals surface area contributed by atoms with E-state index >= 15 is 0 Å². The minimum absolute atomic E-state index is 0.230. The van der Waals surface area contributed by atoms with Crippen molar-refractivity contribution in [2.75, 3.05) is 18.4 Å². The van der Waals surface area contributed by atoms with Gasteiger partial charge in [0.05, 0.1) is 0 Å². The molecule has 0 aliphatic carbocycles. The maximum Gasteiger partial charge on any atom is 0.573 e. The van der Waals surface area contributed by atoms with Gasteiger partial charge in [-0.15, -0.1) is 24.5 Å². The molecule has 0 saturated carbocycles. The van der Waals surface area contributed by atoms with Gasteiger partial charge < -0.3 is 10.1 Å². The monoisotopic (exact) mass is 371 g/mol. The van der Waals surface area contributed by atoms with E-state index in [0.29, 0.717) is 11.0 Å². The smallest absolute Gasteiger partial charge is 0.406 e. The van der Waals surface area contributed by atoms with Gasteiger partial charge in [0.25, 0.3) is 5.91 Å². The Morgan fingerprint density at radius 2 is 1.92 bits per heavy atom. The average Bonchev–Trinajstić information content (AvgIpc) is 3.03. The Labute approximate surface area is 146 Å². The third-order valence-electron chi connectivity index (χ3n) is 3.84. The van der Waals surface area contributed by atoms with Crippen molar-refractivity contribution in [3.8, 4) is 5.75 Å². The highest BCUT2D eigenvalue weighted by Crippen LogP contribution is 2.32. The highest BCUT2D eigenvalue weighted by Gasteiger charge is 2.31. The van der Waals surface area contributed by atoms with E-state index < -0.39 is 12.3 Å². The molecule has 1 saturated heterocycles. The average molecular weight is 371 g/mol. The van der Waals surface area contributed by atoms with Crippen molar-refractivity contribution in [2.45, 2.75) is 25.1 Å². The number of amides is 1. The molecule has 2 heterocycles. The first kappa shape index (κ1) is 17.7. The summed E-state index contributed by atoms with van der Waals surface area (Å²) in [5.41, 5.74) is 0.230. The zero-order chi connectivity index (χ0) is 17.9. The minimum Gasteiger partial charge on any atom is -0.406 e. The number of carbonyl (C=O) groups excluding carboxylic acids is 1. The normalized spacial score (nSPS) is 15.8. The summed E-state index contributed by atoms with van der Waals surface area (Å²) in [5, 5.41) is 6.45. The van der Waals surface area contributed by atoms with Crippen molar-refractivity contribution in [2.24, 2.45) is 0 Å². The second-order valence-electron chi connectivity index (χ2n) is 5.62. The van der Waals surface area contributed by atoms with E-state index in [1.807, 2.05) is 0 Å². The summed E-state index contributed by atoms with van der Waals surface area (Å²) in [4.78, 5) is 17.5. The molecule has 1 aromatic heterocycles. The van der Waals surface area contributed by atoms with Crippen LogP contribution in [0.2, 0.25) is 0 Å². The first-order valence-electron chi connectivity index (χ1n) is 7.74. The molecular formula is C16H16F3N3O2S. The highest BCUT2D eigenvalue weighted by atomic mass is 32.1. The third-order valence-corrected chi connectivity index (χ3v) is 4.91. The van der Waals surface area contributed by atoms with E-state index in [9.17, 15) is 18.0 Å². The maximum atomic E-state index is 12.2. The van der Waals surface area contributed by atoms with Gasteiger partial charge in [-0.1, -0.05) is 0 Å². The fourth-order valence-corrected chi connectivity index (χ4v) is 3.60. The Morgan fingerprint density at radius 1 is 1.24 bits per heavy atom. The molecule has 134 valence electrons. The van der Waals surface area contributed by atoms with Crippen molar-refractivity contribution in [3.63, 3.8) is 0 Å². The molecule has 2 aromatic rings. The summed E-state index contributed by atoms with van der Waals surface area (Å²) in [6.07, 6.45) is -0.904. The number of alkyl halides is 3. The SMILES string of the molecule is O=C(Nc1ncc(C2CCNCC2)s1)c1ccc(OC(F)(F)F)cc1. The van der Waals surface area contributed by atoms with Gasteiger partial charge in [0, 0.05) is 16.6 Å². The number of halogens is 3. The van der Waals surface area contributed by atoms with Crippen LogP contribution in [0.4, 0.5) is 18.3 Å². The number of aromatic nitrogens is 1. The number of anilines is 1. The molecule has 3 rings (SSSR count). The molecule has 25 heavy (non-hydrogen) atoms. The second-order valence-corrected chi connectivity index (χ2v) is 6.68. The lowest BCUT2D eigenvalue weighted by Crippen LogP contribution is -2.26. The number of carbonyl (C=O) groups is 1. The van der Waals surface area contributed by atoms with Gasteiger partial charge >= 0.3 is 6.36 Å². The number of hydrogen-bond donors (Lipinski definition) is 2. The Bertz CT molecular complexity index is 725. The van der Waals surface area contributed by atoms with Gasteiger partial charge in [-0.25, -0.2) is 4.98 Å². The molecule has 9 heteroatoms. The molecule has 1 aliphatic heterocycles. The Hall–Kier alpha value is -2.13. The van der Waals surface area contributed by atoms with E-state index in [0.717, 1.165) is 42.9 Å². The van der Waals surface area contributed by atoms with Crippen LogP contribution in [0.3, 0.4) is 0 Å². The summed E-state index contributed by atoms with van der Waals surface area (Å²) in [7, 11) is 0. The van der Waals surface area contributed by atoms with E-state index in [2.05, 4.69) is 20.4 Å². The zero-order valence-electron chi connectivity index (χ0n) is 13.1. The Kier molecular flexibility index (Phi) is 5.24. The van der Waals surface area contributed by atoms with Crippen LogP contribution in [0, 0.1) is 0 Å². The Balaban J connectivity index is 1.61. The van der Waals surface area contributed by atoms with E-state index in [-0.39, 0.29) is 11.3 Å². The molecule has 1 amide bonds. The van der Waals surface area contributed by atoms with Crippen LogP contribution >= 0.6 is 11.3 Å². The molecule has 1 aromatic carbocycles. The van der Waals surface area contributed by atoms with Crippen LogP contribution in [0.15, 0.2) is 30.5 Å². The van der Waals surface area contributed by atoms with Crippen LogP contribution in [0.1, 0.15) is 34.0 Å². The molecule has 0 radical (unpaired) electrons. The molecule has 0 spiro atoms. The van der Waals surface area contributed by atoms with Crippen molar-refractivity contribution >= 4 is 22.4 Å². The summed E-state index contributed by atoms with van der Waals surface area (Å²) < 4.78 is 40.2. The minimum atomic E-state index is -4.75. The molecule has 2 N–H and O–H groups in total. The summed E-state index contributed by atoms with van der Waals surface area (Å²) >= 11 is 1.43. The fraction of sp³-hybridized carbons (Fsp3) is 0.375. The number of benzene rings is 1. The predicted molar refractivity (Wildman–Crippen MR) is 88.0 cm³/mol. The third kappa shape index (κ3) is 4.93. The number of hydrogen-bond acceptors (Lipinski definition) is 5. The molecule has 0 atom stereocenters. The van der Waals surface area contributed by atoms with Gasteiger partial charge in [0.2, 0.25) is 0 Å². The predicted octanol–water partition coefficient (Wildman–Crippen LogP) is 3.76. The van der Waals surface area contributed by atoms with Crippen LogP contribution in [-0.2, 0) is 0 Å². The number of piperidine rings is 1. The lowest BCUT2D eigenvalue weighted by Gasteiger charge is -2.20. The second kappa shape index (κ2) is 7.40. The van der Waals surface area contributed by atoms with Gasteiger partial charge in [-0.05, 0) is 56.1 Å². The maximum absolute atomic E-state index is 12.2. The van der Waals surface area contributed by atoms with Crippen LogP contribution in [0.25, 0.3) is 0 Å². The number of nitrogens with one attached hydrogen (secondary N) is 2. The largest absolute Gasteiger partial charge is 0.573 e.